The number of hydrogen-bond acceptors (Lipinski definition) is 4. The van der Waals surface area contributed by atoms with E-state index in [2.05, 4.69) is 12.2 Å². The Morgan fingerprint density at radius 1 is 1.56 bits per heavy atom. The Morgan fingerprint density at radius 3 is 3.00 bits per heavy atom. The normalized spacial score (nSPS) is 30.7. The van der Waals surface area contributed by atoms with Crippen LogP contribution in [0.5, 0.6) is 0 Å². The summed E-state index contributed by atoms with van der Waals surface area (Å²) in [5.41, 5.74) is 0. The Kier molecular flexibility index (Phi) is 5.89. The fourth-order valence-electron chi connectivity index (χ4n) is 1.96. The highest BCUT2D eigenvalue weighted by Gasteiger charge is 2.30. The maximum absolute atomic E-state index is 12.1. The van der Waals surface area contributed by atoms with Crippen LogP contribution in [0.2, 0.25) is 0 Å². The Morgan fingerprint density at radius 2 is 2.38 bits per heavy atom. The average molecular weight is 267 g/mol. The molecule has 1 amide bonds. The maximum atomic E-state index is 12.1. The van der Waals surface area contributed by atoms with Crippen LogP contribution < -0.4 is 5.32 Å². The van der Waals surface area contributed by atoms with Crippen molar-refractivity contribution in [2.24, 2.45) is 0 Å². The van der Waals surface area contributed by atoms with Crippen molar-refractivity contribution in [1.29, 1.82) is 0 Å². The summed E-state index contributed by atoms with van der Waals surface area (Å²) in [5, 5.41) is 3.19. The molecule has 2 rings (SSSR count). The second-order valence-corrected chi connectivity index (χ2v) is 5.17. The minimum Gasteiger partial charge on any atom is -0.366 e. The van der Waals surface area contributed by atoms with Crippen LogP contribution in [-0.2, 0) is 9.53 Å². The molecule has 0 aromatic carbocycles. The van der Waals surface area contributed by atoms with Gasteiger partial charge in [0, 0.05) is 37.2 Å². The van der Waals surface area contributed by atoms with Crippen molar-refractivity contribution in [3.63, 3.8) is 0 Å². The number of carbonyl (C=O) groups is 1. The lowest BCUT2D eigenvalue weighted by Crippen LogP contribution is -2.54. The fraction of sp³-hybridized carbons (Fsp3) is 0.900. The number of amides is 1. The zero-order valence-corrected chi connectivity index (χ0v) is 11.1. The van der Waals surface area contributed by atoms with Crippen LogP contribution in [0.4, 0.5) is 0 Å². The number of nitrogens with one attached hydrogen (secondary N) is 1. The van der Waals surface area contributed by atoms with Gasteiger partial charge in [0.15, 0.2) is 0 Å². The first-order valence-corrected chi connectivity index (χ1v) is 6.65. The van der Waals surface area contributed by atoms with Gasteiger partial charge in [-0.15, -0.1) is 12.4 Å². The van der Waals surface area contributed by atoms with E-state index in [4.69, 9.17) is 4.74 Å². The van der Waals surface area contributed by atoms with Crippen LogP contribution in [0.15, 0.2) is 0 Å². The maximum Gasteiger partial charge on any atom is 0.253 e. The van der Waals surface area contributed by atoms with E-state index in [1.54, 1.807) is 0 Å². The average Bonchev–Trinajstić information content (AvgIpc) is 2.30. The molecule has 2 atom stereocenters. The molecule has 2 unspecified atom stereocenters. The number of thioether (sulfide) groups is 1. The van der Waals surface area contributed by atoms with Crippen molar-refractivity contribution < 1.29 is 9.53 Å². The minimum atomic E-state index is -0.260. The van der Waals surface area contributed by atoms with Gasteiger partial charge < -0.3 is 15.0 Å². The molecule has 16 heavy (non-hydrogen) atoms. The molecule has 0 spiro atoms. The summed E-state index contributed by atoms with van der Waals surface area (Å²) in [7, 11) is 0. The summed E-state index contributed by atoms with van der Waals surface area (Å²) in [4.78, 5) is 14.1. The van der Waals surface area contributed by atoms with E-state index in [-0.39, 0.29) is 24.4 Å². The van der Waals surface area contributed by atoms with Gasteiger partial charge in [-0.25, -0.2) is 0 Å². The van der Waals surface area contributed by atoms with E-state index < -0.39 is 0 Å². The second-order valence-electron chi connectivity index (χ2n) is 4.02. The number of ether oxygens (including phenoxy) is 1. The third-order valence-corrected chi connectivity index (χ3v) is 4.04. The van der Waals surface area contributed by atoms with E-state index >= 15 is 0 Å². The number of rotatable bonds is 1. The Labute approximate surface area is 107 Å². The van der Waals surface area contributed by atoms with Gasteiger partial charge in [-0.3, -0.25) is 4.79 Å². The zero-order chi connectivity index (χ0) is 10.7. The number of nitrogens with zero attached hydrogens (tertiary/aromatic N) is 1. The molecule has 94 valence electrons. The fourth-order valence-corrected chi connectivity index (χ4v) is 2.98. The first-order valence-electron chi connectivity index (χ1n) is 5.49. The van der Waals surface area contributed by atoms with Crippen LogP contribution in [0.25, 0.3) is 0 Å². The van der Waals surface area contributed by atoms with Crippen molar-refractivity contribution in [2.75, 3.05) is 37.7 Å². The summed E-state index contributed by atoms with van der Waals surface area (Å²) in [6.07, 6.45) is -0.260. The van der Waals surface area contributed by atoms with Crippen LogP contribution in [0, 0.1) is 0 Å². The minimum absolute atomic E-state index is 0. The quantitative estimate of drug-likeness (QED) is 0.744. The first-order chi connectivity index (χ1) is 7.29. The zero-order valence-electron chi connectivity index (χ0n) is 9.48. The van der Waals surface area contributed by atoms with Gasteiger partial charge >= 0.3 is 0 Å². The van der Waals surface area contributed by atoms with Gasteiger partial charge in [-0.2, -0.15) is 11.8 Å². The summed E-state index contributed by atoms with van der Waals surface area (Å²) in [6, 6.07) is 0.349. The van der Waals surface area contributed by atoms with E-state index in [1.165, 1.54) is 0 Å². The third-order valence-electron chi connectivity index (χ3n) is 2.85. The topological polar surface area (TPSA) is 41.6 Å². The number of morpholine rings is 1. The Hall–Kier alpha value is 0.0300. The summed E-state index contributed by atoms with van der Waals surface area (Å²) >= 11 is 1.92. The number of carbonyl (C=O) groups excluding carboxylic acids is 1. The molecule has 0 bridgehead atoms. The Balaban J connectivity index is 0.00000128. The van der Waals surface area contributed by atoms with Crippen LogP contribution in [0.3, 0.4) is 0 Å². The van der Waals surface area contributed by atoms with Crippen LogP contribution in [0.1, 0.15) is 6.92 Å². The second kappa shape index (κ2) is 6.69. The van der Waals surface area contributed by atoms with E-state index in [9.17, 15) is 4.79 Å². The molecule has 2 aliphatic heterocycles. The molecule has 0 aromatic heterocycles. The smallest absolute Gasteiger partial charge is 0.253 e. The molecular formula is C10H19ClN2O2S. The highest BCUT2D eigenvalue weighted by Crippen LogP contribution is 2.17. The predicted octanol–water partition coefficient (Wildman–Crippen LogP) is 0.361. The van der Waals surface area contributed by atoms with E-state index in [0.29, 0.717) is 19.2 Å². The third kappa shape index (κ3) is 3.26. The van der Waals surface area contributed by atoms with Gasteiger partial charge in [0.2, 0.25) is 0 Å². The number of hydrogen-bond donors (Lipinski definition) is 1. The molecule has 0 saturated carbocycles. The molecule has 1 N–H and O–H groups in total. The molecule has 2 fully saturated rings. The van der Waals surface area contributed by atoms with Gasteiger partial charge in [0.25, 0.3) is 5.91 Å². The van der Waals surface area contributed by atoms with Crippen molar-refractivity contribution in [3.05, 3.63) is 0 Å². The monoisotopic (exact) mass is 266 g/mol. The summed E-state index contributed by atoms with van der Waals surface area (Å²) < 4.78 is 5.48. The van der Waals surface area contributed by atoms with Crippen LogP contribution in [-0.4, -0.2) is 60.7 Å². The summed E-state index contributed by atoms with van der Waals surface area (Å²) in [6.45, 7) is 5.14. The lowest BCUT2D eigenvalue weighted by molar-refractivity contribution is -0.146. The predicted molar refractivity (Wildman–Crippen MR) is 68.4 cm³/mol. The molecule has 2 saturated heterocycles. The highest BCUT2D eigenvalue weighted by molar-refractivity contribution is 7.99. The molecule has 2 aliphatic rings. The molecule has 6 heteroatoms. The van der Waals surface area contributed by atoms with Crippen molar-refractivity contribution in [1.82, 2.24) is 10.2 Å². The van der Waals surface area contributed by atoms with E-state index in [0.717, 1.165) is 24.6 Å². The Bertz CT molecular complexity index is 237. The van der Waals surface area contributed by atoms with Gasteiger partial charge in [-0.05, 0) is 6.92 Å². The van der Waals surface area contributed by atoms with Crippen molar-refractivity contribution >= 4 is 30.1 Å². The van der Waals surface area contributed by atoms with Crippen LogP contribution >= 0.6 is 24.2 Å². The van der Waals surface area contributed by atoms with Gasteiger partial charge in [-0.1, -0.05) is 0 Å². The lowest BCUT2D eigenvalue weighted by atomic mass is 10.2. The van der Waals surface area contributed by atoms with Crippen molar-refractivity contribution in [3.8, 4) is 0 Å². The molecule has 4 nitrogen and oxygen atoms in total. The molecule has 0 aliphatic carbocycles. The van der Waals surface area contributed by atoms with Gasteiger partial charge in [0.05, 0.1) is 6.61 Å². The first kappa shape index (κ1) is 14.1. The SMILES string of the molecule is CC1CSCCN1C(=O)C1CNCCO1.Cl. The standard InChI is InChI=1S/C10H18N2O2S.ClH/c1-8-7-15-5-3-12(8)10(13)9-6-11-2-4-14-9;/h8-9,11H,2-7H2,1H3;1H. The molecule has 0 radical (unpaired) electrons. The van der Waals surface area contributed by atoms with Gasteiger partial charge in [0.1, 0.15) is 6.10 Å². The number of halogens is 1. The summed E-state index contributed by atoms with van der Waals surface area (Å²) in [5.74, 6) is 2.26. The highest BCUT2D eigenvalue weighted by atomic mass is 35.5. The lowest BCUT2D eigenvalue weighted by Gasteiger charge is -2.36. The molecule has 2 heterocycles. The van der Waals surface area contributed by atoms with E-state index in [1.807, 2.05) is 16.7 Å². The largest absolute Gasteiger partial charge is 0.366 e. The molecule has 0 aromatic rings. The molecular weight excluding hydrogens is 248 g/mol. The van der Waals surface area contributed by atoms with Crippen molar-refractivity contribution in [2.45, 2.75) is 19.1 Å².